The first-order chi connectivity index (χ1) is 19.4. The van der Waals surface area contributed by atoms with Crippen molar-refractivity contribution in [3.8, 4) is 23.0 Å². The Hall–Kier alpha value is -4.15. The van der Waals surface area contributed by atoms with Crippen LogP contribution in [0.1, 0.15) is 12.5 Å². The summed E-state index contributed by atoms with van der Waals surface area (Å²) in [5.74, 6) is 0.777. The number of benzene rings is 3. The Morgan fingerprint density at radius 3 is 2.42 bits per heavy atom. The maximum absolute atomic E-state index is 13.0. The van der Waals surface area contributed by atoms with E-state index in [1.807, 2.05) is 24.3 Å². The first kappa shape index (κ1) is 28.8. The number of hydrogen-bond donors (Lipinski definition) is 1. The first-order valence-corrected chi connectivity index (χ1v) is 13.5. The van der Waals surface area contributed by atoms with E-state index < -0.39 is 11.1 Å². The van der Waals surface area contributed by atoms with Crippen LogP contribution in [0.15, 0.2) is 71.6 Å². The predicted molar refractivity (Wildman–Crippen MR) is 154 cm³/mol. The fraction of sp³-hybridized carbons (Fsp3) is 0.207. The summed E-state index contributed by atoms with van der Waals surface area (Å²) >= 11 is 7.31. The van der Waals surface area contributed by atoms with E-state index in [9.17, 15) is 14.4 Å². The summed E-state index contributed by atoms with van der Waals surface area (Å²) in [5, 5.41) is 2.52. The second-order valence-corrected chi connectivity index (χ2v) is 9.70. The number of amides is 3. The summed E-state index contributed by atoms with van der Waals surface area (Å²) in [6, 6.07) is 19.3. The van der Waals surface area contributed by atoms with E-state index in [1.54, 1.807) is 55.5 Å². The lowest BCUT2D eigenvalue weighted by molar-refractivity contribution is -0.123. The number of nitrogens with zero attached hydrogens (tertiary/aromatic N) is 1. The molecule has 0 aliphatic carbocycles. The molecule has 0 spiro atoms. The number of thioether (sulfide) groups is 1. The summed E-state index contributed by atoms with van der Waals surface area (Å²) in [7, 11) is 1.54. The molecular formula is C29H27ClN2O7S. The molecular weight excluding hydrogens is 556 g/mol. The molecule has 1 N–H and O–H groups in total. The normalized spacial score (nSPS) is 13.9. The highest BCUT2D eigenvalue weighted by atomic mass is 35.5. The summed E-state index contributed by atoms with van der Waals surface area (Å²) in [6.07, 6.45) is 1.56. The molecule has 4 rings (SSSR count). The van der Waals surface area contributed by atoms with Crippen molar-refractivity contribution in [2.75, 3.05) is 38.8 Å². The number of carbonyl (C=O) groups excluding carboxylic acids is 3. The first-order valence-electron chi connectivity index (χ1n) is 12.3. The topological polar surface area (TPSA) is 103 Å². The van der Waals surface area contributed by atoms with Gasteiger partial charge in [0.15, 0.2) is 29.6 Å². The van der Waals surface area contributed by atoms with Crippen molar-refractivity contribution < 1.29 is 33.3 Å². The Bertz CT molecular complexity index is 1410. The number of anilines is 1. The Kier molecular flexibility index (Phi) is 9.93. The standard InChI is InChI=1S/C29H27ClN2O7S/c1-3-37-24-16-19(15-21(30)27(24)39-18-26(33)31-20-9-5-4-6-10-20)17-25-28(34)32(29(35)40-25)13-14-38-23-12-8-7-11-22(23)36-2/h4-12,15-17H,3,13-14,18H2,1-2H3,(H,31,33)/b25-17-. The van der Waals surface area contributed by atoms with Crippen LogP contribution < -0.4 is 24.3 Å². The lowest BCUT2D eigenvalue weighted by Crippen LogP contribution is -2.32. The highest BCUT2D eigenvalue weighted by Gasteiger charge is 2.35. The average Bonchev–Trinajstić information content (AvgIpc) is 3.20. The number of para-hydroxylation sites is 3. The number of nitrogens with one attached hydrogen (secondary N) is 1. The Morgan fingerprint density at radius 2 is 1.70 bits per heavy atom. The van der Waals surface area contributed by atoms with E-state index in [-0.39, 0.29) is 41.3 Å². The largest absolute Gasteiger partial charge is 0.493 e. The highest BCUT2D eigenvalue weighted by molar-refractivity contribution is 8.18. The maximum Gasteiger partial charge on any atom is 0.293 e. The Labute approximate surface area is 241 Å². The number of ether oxygens (including phenoxy) is 4. The zero-order chi connectivity index (χ0) is 28.5. The van der Waals surface area contributed by atoms with Crippen molar-refractivity contribution in [3.63, 3.8) is 0 Å². The van der Waals surface area contributed by atoms with Gasteiger partial charge < -0.3 is 24.3 Å². The van der Waals surface area contributed by atoms with Crippen LogP contribution in [0, 0.1) is 0 Å². The van der Waals surface area contributed by atoms with Gasteiger partial charge in [0.05, 0.1) is 30.2 Å². The van der Waals surface area contributed by atoms with E-state index in [1.165, 1.54) is 7.11 Å². The lowest BCUT2D eigenvalue weighted by Gasteiger charge is -2.15. The van der Waals surface area contributed by atoms with Crippen molar-refractivity contribution in [2.45, 2.75) is 6.92 Å². The minimum atomic E-state index is -0.439. The number of halogens is 1. The molecule has 40 heavy (non-hydrogen) atoms. The van der Waals surface area contributed by atoms with E-state index in [4.69, 9.17) is 30.5 Å². The smallest absolute Gasteiger partial charge is 0.293 e. The van der Waals surface area contributed by atoms with Crippen LogP contribution in [0.4, 0.5) is 10.5 Å². The zero-order valence-corrected chi connectivity index (χ0v) is 23.4. The van der Waals surface area contributed by atoms with E-state index in [2.05, 4.69) is 5.32 Å². The molecule has 0 saturated carbocycles. The van der Waals surface area contributed by atoms with Gasteiger partial charge in [-0.15, -0.1) is 0 Å². The van der Waals surface area contributed by atoms with Gasteiger partial charge in [-0.3, -0.25) is 19.3 Å². The van der Waals surface area contributed by atoms with Crippen LogP contribution in [0.25, 0.3) is 6.08 Å². The van der Waals surface area contributed by atoms with Gasteiger partial charge in [0.25, 0.3) is 17.1 Å². The number of carbonyl (C=O) groups is 3. The Morgan fingerprint density at radius 1 is 0.975 bits per heavy atom. The van der Waals surface area contributed by atoms with Crippen LogP contribution in [-0.2, 0) is 9.59 Å². The molecule has 3 aromatic carbocycles. The molecule has 1 fully saturated rings. The second kappa shape index (κ2) is 13.8. The van der Waals surface area contributed by atoms with Gasteiger partial charge in [-0.1, -0.05) is 41.9 Å². The van der Waals surface area contributed by atoms with Gasteiger partial charge >= 0.3 is 0 Å². The third kappa shape index (κ3) is 7.28. The van der Waals surface area contributed by atoms with Crippen LogP contribution in [0.5, 0.6) is 23.0 Å². The number of methoxy groups -OCH3 is 1. The van der Waals surface area contributed by atoms with Crippen molar-refractivity contribution >= 4 is 52.2 Å². The van der Waals surface area contributed by atoms with Crippen molar-refractivity contribution in [2.24, 2.45) is 0 Å². The van der Waals surface area contributed by atoms with Gasteiger partial charge in [-0.2, -0.15) is 0 Å². The molecule has 3 amide bonds. The molecule has 208 valence electrons. The van der Waals surface area contributed by atoms with Crippen LogP contribution >= 0.6 is 23.4 Å². The summed E-state index contributed by atoms with van der Waals surface area (Å²) in [4.78, 5) is 39.2. The van der Waals surface area contributed by atoms with Crippen molar-refractivity contribution in [3.05, 3.63) is 82.2 Å². The minimum Gasteiger partial charge on any atom is -0.493 e. The molecule has 3 aromatic rings. The average molecular weight is 583 g/mol. The van der Waals surface area contributed by atoms with E-state index in [0.717, 1.165) is 16.7 Å². The van der Waals surface area contributed by atoms with Gasteiger partial charge in [0.1, 0.15) is 6.61 Å². The molecule has 1 aliphatic heterocycles. The van der Waals surface area contributed by atoms with Gasteiger partial charge in [-0.05, 0) is 66.7 Å². The fourth-order valence-electron chi connectivity index (χ4n) is 3.76. The number of rotatable bonds is 12. The van der Waals surface area contributed by atoms with Gasteiger partial charge in [0, 0.05) is 5.69 Å². The van der Waals surface area contributed by atoms with E-state index >= 15 is 0 Å². The molecule has 9 nitrogen and oxygen atoms in total. The molecule has 1 heterocycles. The maximum atomic E-state index is 13.0. The van der Waals surface area contributed by atoms with E-state index in [0.29, 0.717) is 35.1 Å². The zero-order valence-electron chi connectivity index (χ0n) is 21.8. The molecule has 0 bridgehead atoms. The quantitative estimate of drug-likeness (QED) is 0.264. The SMILES string of the molecule is CCOc1cc(/C=C2\SC(=O)N(CCOc3ccccc3OC)C2=O)cc(Cl)c1OCC(=O)Nc1ccccc1. The fourth-order valence-corrected chi connectivity index (χ4v) is 4.90. The van der Waals surface area contributed by atoms with Crippen LogP contribution in [0.2, 0.25) is 5.02 Å². The lowest BCUT2D eigenvalue weighted by atomic mass is 10.1. The van der Waals surface area contributed by atoms with Gasteiger partial charge in [-0.25, -0.2) is 0 Å². The number of hydrogen-bond acceptors (Lipinski definition) is 8. The van der Waals surface area contributed by atoms with Crippen LogP contribution in [0.3, 0.4) is 0 Å². The third-order valence-electron chi connectivity index (χ3n) is 5.55. The molecule has 1 aliphatic rings. The molecule has 0 atom stereocenters. The molecule has 0 radical (unpaired) electrons. The summed E-state index contributed by atoms with van der Waals surface area (Å²) in [5.41, 5.74) is 1.17. The second-order valence-electron chi connectivity index (χ2n) is 8.30. The molecule has 0 unspecified atom stereocenters. The summed E-state index contributed by atoms with van der Waals surface area (Å²) in [6.45, 7) is 2.00. The number of imide groups is 1. The van der Waals surface area contributed by atoms with Gasteiger partial charge in [0.2, 0.25) is 0 Å². The molecule has 1 saturated heterocycles. The summed E-state index contributed by atoms with van der Waals surface area (Å²) < 4.78 is 22.3. The highest BCUT2D eigenvalue weighted by Crippen LogP contribution is 2.39. The molecule has 11 heteroatoms. The minimum absolute atomic E-state index is 0.0723. The monoisotopic (exact) mass is 582 g/mol. The van der Waals surface area contributed by atoms with Crippen molar-refractivity contribution in [1.82, 2.24) is 4.90 Å². The Balaban J connectivity index is 1.42. The van der Waals surface area contributed by atoms with Crippen molar-refractivity contribution in [1.29, 1.82) is 0 Å². The third-order valence-corrected chi connectivity index (χ3v) is 6.74. The molecule has 0 aromatic heterocycles. The van der Waals surface area contributed by atoms with Crippen LogP contribution in [-0.4, -0.2) is 55.4 Å². The predicted octanol–water partition coefficient (Wildman–Crippen LogP) is 5.88.